The van der Waals surface area contributed by atoms with E-state index >= 15 is 0 Å². The lowest BCUT2D eigenvalue weighted by molar-refractivity contribution is -0.152. The molecular weight excluding hydrogens is 491 g/mol. The smallest absolute Gasteiger partial charge is 0.310 e. The van der Waals surface area contributed by atoms with E-state index in [0.717, 1.165) is 36.3 Å². The normalized spacial score (nSPS) is 20.6. The van der Waals surface area contributed by atoms with Gasteiger partial charge in [-0.2, -0.15) is 5.10 Å². The Morgan fingerprint density at radius 3 is 2.71 bits per heavy atom. The number of carbonyl (C=O) groups is 2. The first-order valence-corrected chi connectivity index (χ1v) is 12.0. The molecule has 0 radical (unpaired) electrons. The molecule has 2 aromatic heterocycles. The maximum atomic E-state index is 13.2. The number of hydrogen-bond donors (Lipinski definition) is 0. The number of rotatable bonds is 6. The molecule has 7 nitrogen and oxygen atoms in total. The quantitative estimate of drug-likeness (QED) is 0.373. The molecule has 3 heterocycles. The molecule has 3 aromatic rings. The van der Waals surface area contributed by atoms with Gasteiger partial charge in [0.05, 0.1) is 24.7 Å². The predicted molar refractivity (Wildman–Crippen MR) is 131 cm³/mol. The van der Waals surface area contributed by atoms with Crippen molar-refractivity contribution in [1.82, 2.24) is 5.01 Å². The maximum Gasteiger partial charge on any atom is 0.310 e. The van der Waals surface area contributed by atoms with Gasteiger partial charge in [0.1, 0.15) is 17.6 Å². The van der Waals surface area contributed by atoms with Crippen LogP contribution in [0.3, 0.4) is 0 Å². The molecule has 1 fully saturated rings. The van der Waals surface area contributed by atoms with Crippen LogP contribution in [0.25, 0.3) is 6.08 Å². The van der Waals surface area contributed by atoms with Crippen molar-refractivity contribution in [3.05, 3.63) is 87.7 Å². The number of carbonyl (C=O) groups excluding carboxylic acids is 2. The molecule has 1 amide bonds. The van der Waals surface area contributed by atoms with E-state index in [1.54, 1.807) is 36.8 Å². The molecule has 180 valence electrons. The van der Waals surface area contributed by atoms with Crippen molar-refractivity contribution in [1.29, 1.82) is 0 Å². The van der Waals surface area contributed by atoms with Gasteiger partial charge in [-0.05, 0) is 72.9 Å². The molecule has 2 atom stereocenters. The summed E-state index contributed by atoms with van der Waals surface area (Å²) in [6.07, 6.45) is 7.74. The van der Waals surface area contributed by atoms with Gasteiger partial charge in [0.25, 0.3) is 5.91 Å². The third-order valence-corrected chi connectivity index (χ3v) is 6.74. The highest BCUT2D eigenvalue weighted by molar-refractivity contribution is 6.35. The lowest BCUT2D eigenvalue weighted by Gasteiger charge is -2.27. The first kappa shape index (κ1) is 23.5. The Bertz CT molecular complexity index is 1280. The Labute approximate surface area is 211 Å². The van der Waals surface area contributed by atoms with Gasteiger partial charge >= 0.3 is 5.97 Å². The fraction of sp³-hybridized carbons (Fsp3) is 0.269. The Morgan fingerprint density at radius 2 is 1.97 bits per heavy atom. The summed E-state index contributed by atoms with van der Waals surface area (Å²) in [6, 6.07) is 11.8. The van der Waals surface area contributed by atoms with Crippen molar-refractivity contribution in [3.8, 4) is 0 Å². The number of fused-ring (bicyclic) bond motifs is 1. The molecule has 0 bridgehead atoms. The van der Waals surface area contributed by atoms with E-state index in [1.165, 1.54) is 5.01 Å². The van der Waals surface area contributed by atoms with Gasteiger partial charge in [-0.15, -0.1) is 0 Å². The molecule has 0 saturated heterocycles. The Morgan fingerprint density at radius 1 is 1.14 bits per heavy atom. The van der Waals surface area contributed by atoms with Gasteiger partial charge in [-0.25, -0.2) is 5.01 Å². The number of furan rings is 2. The number of hydrogen-bond acceptors (Lipinski definition) is 6. The predicted octanol–water partition coefficient (Wildman–Crippen LogP) is 6.09. The van der Waals surface area contributed by atoms with Crippen molar-refractivity contribution in [2.75, 3.05) is 6.61 Å². The highest BCUT2D eigenvalue weighted by Crippen LogP contribution is 2.44. The number of nitrogens with zero attached hydrogens (tertiary/aromatic N) is 2. The first-order valence-electron chi connectivity index (χ1n) is 11.3. The number of hydrazone groups is 1. The molecule has 35 heavy (non-hydrogen) atoms. The van der Waals surface area contributed by atoms with E-state index in [9.17, 15) is 9.59 Å². The topological polar surface area (TPSA) is 85.3 Å². The van der Waals surface area contributed by atoms with Crippen molar-refractivity contribution >= 4 is 46.9 Å². The summed E-state index contributed by atoms with van der Waals surface area (Å²) in [6.45, 7) is -0.442. The maximum absolute atomic E-state index is 13.2. The third kappa shape index (κ3) is 5.06. The summed E-state index contributed by atoms with van der Waals surface area (Å²) in [7, 11) is 0. The third-order valence-electron chi connectivity index (χ3n) is 6.16. The van der Waals surface area contributed by atoms with Crippen LogP contribution < -0.4 is 0 Å². The minimum Gasteiger partial charge on any atom is -0.467 e. The lowest BCUT2D eigenvalue weighted by atomic mass is 9.79. The van der Waals surface area contributed by atoms with Crippen molar-refractivity contribution < 1.29 is 23.2 Å². The van der Waals surface area contributed by atoms with Crippen LogP contribution in [-0.2, 0) is 20.7 Å². The standard InChI is InChI=1S/C26H22Cl2N2O5/c27-18-9-8-16(21(28)14-18)13-24(32)35-15-23(31)30-26(22-7-3-11-34-22)20-6-1-4-17(25(20)29-30)12-19-5-2-10-33-19/h2-3,5,7-12,14,20,26H,1,4,6,13,15H2. The number of esters is 1. The highest BCUT2D eigenvalue weighted by atomic mass is 35.5. The van der Waals surface area contributed by atoms with Gasteiger partial charge < -0.3 is 13.6 Å². The molecule has 1 aliphatic heterocycles. The van der Waals surface area contributed by atoms with Gasteiger partial charge in [0.2, 0.25) is 0 Å². The molecule has 1 aromatic carbocycles. The number of benzene rings is 1. The lowest BCUT2D eigenvalue weighted by Crippen LogP contribution is -2.34. The summed E-state index contributed by atoms with van der Waals surface area (Å²) in [4.78, 5) is 25.6. The monoisotopic (exact) mass is 512 g/mol. The Balaban J connectivity index is 1.34. The fourth-order valence-corrected chi connectivity index (χ4v) is 5.05. The van der Waals surface area contributed by atoms with E-state index in [1.807, 2.05) is 24.3 Å². The summed E-state index contributed by atoms with van der Waals surface area (Å²) in [5, 5.41) is 6.93. The highest BCUT2D eigenvalue weighted by Gasteiger charge is 2.45. The Hall–Kier alpha value is -3.29. The second-order valence-corrected chi connectivity index (χ2v) is 9.28. The number of amides is 1. The van der Waals surface area contributed by atoms with Gasteiger partial charge in [-0.1, -0.05) is 29.3 Å². The molecule has 1 aliphatic carbocycles. The minimum absolute atomic E-state index is 0.0244. The average molecular weight is 513 g/mol. The van der Waals surface area contributed by atoms with Gasteiger partial charge in [0.15, 0.2) is 6.61 Å². The molecule has 0 N–H and O–H groups in total. The summed E-state index contributed by atoms with van der Waals surface area (Å²) >= 11 is 12.0. The first-order chi connectivity index (χ1) is 17.0. The molecule has 0 spiro atoms. The van der Waals surface area contributed by atoms with Crippen LogP contribution in [0, 0.1) is 5.92 Å². The Kier molecular flexibility index (Phi) is 6.79. The summed E-state index contributed by atoms with van der Waals surface area (Å²) < 4.78 is 16.4. The minimum atomic E-state index is -0.570. The van der Waals surface area contributed by atoms with Gasteiger partial charge in [-0.3, -0.25) is 9.59 Å². The van der Waals surface area contributed by atoms with Crippen LogP contribution in [0.15, 0.2) is 74.5 Å². The van der Waals surface area contributed by atoms with Crippen molar-refractivity contribution in [2.24, 2.45) is 11.0 Å². The van der Waals surface area contributed by atoms with Crippen LogP contribution in [0.4, 0.5) is 0 Å². The number of allylic oxidation sites excluding steroid dienone is 1. The molecule has 9 heteroatoms. The van der Waals surface area contributed by atoms with Crippen LogP contribution in [0.2, 0.25) is 10.0 Å². The number of ether oxygens (including phenoxy) is 1. The average Bonchev–Trinajstić information content (AvgIpc) is 3.60. The zero-order valence-electron chi connectivity index (χ0n) is 18.7. The van der Waals surface area contributed by atoms with Crippen LogP contribution in [-0.4, -0.2) is 29.2 Å². The summed E-state index contributed by atoms with van der Waals surface area (Å²) in [5.74, 6) is 0.350. The molecule has 2 unspecified atom stereocenters. The fourth-order valence-electron chi connectivity index (χ4n) is 4.57. The van der Waals surface area contributed by atoms with Crippen LogP contribution in [0.1, 0.15) is 42.4 Å². The SMILES string of the molecule is O=C(Cc1ccc(Cl)cc1Cl)OCC(=O)N1N=C2C(=Cc3ccco3)CCCC2C1c1ccco1. The van der Waals surface area contributed by atoms with E-state index in [2.05, 4.69) is 0 Å². The molecule has 5 rings (SSSR count). The second-order valence-electron chi connectivity index (χ2n) is 8.44. The largest absolute Gasteiger partial charge is 0.467 e. The van der Waals surface area contributed by atoms with Gasteiger partial charge in [0, 0.05) is 16.0 Å². The van der Waals surface area contributed by atoms with E-state index in [0.29, 0.717) is 21.4 Å². The summed E-state index contributed by atoms with van der Waals surface area (Å²) in [5.41, 5.74) is 2.43. The van der Waals surface area contributed by atoms with E-state index in [4.69, 9.17) is 41.9 Å². The van der Waals surface area contributed by atoms with Crippen molar-refractivity contribution in [3.63, 3.8) is 0 Å². The van der Waals surface area contributed by atoms with Crippen molar-refractivity contribution in [2.45, 2.75) is 31.7 Å². The zero-order chi connectivity index (χ0) is 24.4. The second kappa shape index (κ2) is 10.1. The molecule has 1 saturated carbocycles. The van der Waals surface area contributed by atoms with E-state index < -0.39 is 24.5 Å². The molecule has 2 aliphatic rings. The van der Waals surface area contributed by atoms with E-state index in [-0.39, 0.29) is 12.3 Å². The number of halogens is 2. The molecular formula is C26H22Cl2N2O5. The zero-order valence-corrected chi connectivity index (χ0v) is 20.2. The van der Waals surface area contributed by atoms with Crippen LogP contribution >= 0.6 is 23.2 Å². The van der Waals surface area contributed by atoms with Crippen LogP contribution in [0.5, 0.6) is 0 Å².